The maximum Gasteiger partial charge on any atom is 0.312 e. The minimum absolute atomic E-state index is 0.138. The number of fused-ring (bicyclic) bond motifs is 1. The number of H-pyrrole nitrogens is 1. The van der Waals surface area contributed by atoms with Gasteiger partial charge < -0.3 is 19.4 Å². The molecule has 1 N–H and O–H groups in total. The molecule has 0 atom stereocenters. The topological polar surface area (TPSA) is 71.6 Å². The number of aromatic amines is 1. The zero-order chi connectivity index (χ0) is 24.3. The van der Waals surface area contributed by atoms with Crippen LogP contribution in [0.15, 0.2) is 36.5 Å². The van der Waals surface area contributed by atoms with Gasteiger partial charge >= 0.3 is 11.9 Å². The van der Waals surface area contributed by atoms with Crippen LogP contribution in [0.25, 0.3) is 10.9 Å². The van der Waals surface area contributed by atoms with Crippen molar-refractivity contribution in [2.45, 2.75) is 52.9 Å². The number of hydrogen-bond donors (Lipinski definition) is 1. The van der Waals surface area contributed by atoms with Crippen molar-refractivity contribution in [1.29, 1.82) is 0 Å². The number of rotatable bonds is 8. The number of likely N-dealkylation sites (N-methyl/N-ethyl adjacent to an activating group) is 1. The van der Waals surface area contributed by atoms with Crippen molar-refractivity contribution in [2.75, 3.05) is 20.6 Å². The van der Waals surface area contributed by atoms with Crippen LogP contribution in [0, 0.1) is 13.8 Å². The Balaban J connectivity index is 1.88. The average molecular weight is 451 g/mol. The predicted molar refractivity (Wildman–Crippen MR) is 131 cm³/mol. The Bertz CT molecular complexity index is 1170. The first-order valence-electron chi connectivity index (χ1n) is 11.2. The quantitative estimate of drug-likeness (QED) is 0.382. The van der Waals surface area contributed by atoms with E-state index < -0.39 is 5.41 Å². The number of esters is 2. The summed E-state index contributed by atoms with van der Waals surface area (Å²) in [5, 5.41) is 0.942. The smallest absolute Gasteiger partial charge is 0.312 e. The molecule has 0 aliphatic carbocycles. The third-order valence-electron chi connectivity index (χ3n) is 5.76. The number of nitrogens with zero attached hydrogens (tertiary/aromatic N) is 1. The number of aryl methyl sites for hydroxylation is 2. The minimum atomic E-state index is -0.598. The molecule has 0 radical (unpaired) electrons. The molecule has 0 saturated heterocycles. The maximum atomic E-state index is 13.1. The van der Waals surface area contributed by atoms with Crippen molar-refractivity contribution < 1.29 is 19.1 Å². The van der Waals surface area contributed by atoms with Crippen LogP contribution in [0.2, 0.25) is 0 Å². The number of benzene rings is 2. The van der Waals surface area contributed by atoms with Crippen molar-refractivity contribution in [2.24, 2.45) is 0 Å². The van der Waals surface area contributed by atoms with Crippen molar-refractivity contribution in [3.05, 3.63) is 58.8 Å². The van der Waals surface area contributed by atoms with Crippen molar-refractivity contribution in [1.82, 2.24) is 9.88 Å². The van der Waals surface area contributed by atoms with Gasteiger partial charge in [-0.1, -0.05) is 26.0 Å². The highest BCUT2D eigenvalue weighted by Gasteiger charge is 2.31. The fourth-order valence-electron chi connectivity index (χ4n) is 4.49. The van der Waals surface area contributed by atoms with E-state index in [2.05, 4.69) is 9.88 Å². The van der Waals surface area contributed by atoms with Crippen molar-refractivity contribution in [3.63, 3.8) is 0 Å². The summed E-state index contributed by atoms with van der Waals surface area (Å²) in [4.78, 5) is 30.2. The predicted octanol–water partition coefficient (Wildman–Crippen LogP) is 5.09. The molecule has 6 heteroatoms. The first kappa shape index (κ1) is 24.5. The number of hydrogen-bond acceptors (Lipinski definition) is 5. The van der Waals surface area contributed by atoms with Crippen molar-refractivity contribution in [3.8, 4) is 11.5 Å². The van der Waals surface area contributed by atoms with Gasteiger partial charge in [0.05, 0.1) is 6.42 Å². The molecule has 0 saturated carbocycles. The number of carbonyl (C=O) groups is 2. The lowest BCUT2D eigenvalue weighted by molar-refractivity contribution is -0.135. The van der Waals surface area contributed by atoms with Gasteiger partial charge in [0.1, 0.15) is 11.5 Å². The Morgan fingerprint density at radius 1 is 1.06 bits per heavy atom. The lowest BCUT2D eigenvalue weighted by Crippen LogP contribution is -2.27. The van der Waals surface area contributed by atoms with Gasteiger partial charge in [-0.2, -0.15) is 0 Å². The normalized spacial score (nSPS) is 11.8. The molecular formula is C27H34N2O4. The molecule has 0 fully saturated rings. The SMILES string of the molecule is CC(=O)Oc1cc(C)cc(C)c1C(C)(C)CC(=O)Oc1cccc2[nH]cc(CCN(C)C)c12. The van der Waals surface area contributed by atoms with Crippen LogP contribution in [0.4, 0.5) is 0 Å². The van der Waals surface area contributed by atoms with Gasteiger partial charge in [-0.25, -0.2) is 0 Å². The van der Waals surface area contributed by atoms with E-state index in [0.29, 0.717) is 11.5 Å². The van der Waals surface area contributed by atoms with E-state index in [-0.39, 0.29) is 18.4 Å². The molecule has 0 aliphatic heterocycles. The lowest BCUT2D eigenvalue weighted by atomic mass is 9.78. The molecule has 1 aromatic heterocycles. The molecule has 3 rings (SSSR count). The van der Waals surface area contributed by atoms with Gasteiger partial charge in [0.15, 0.2) is 0 Å². The molecular weight excluding hydrogens is 416 g/mol. The van der Waals surface area contributed by atoms with E-state index in [1.165, 1.54) is 6.92 Å². The van der Waals surface area contributed by atoms with Gasteiger partial charge in [0.2, 0.25) is 0 Å². The summed E-state index contributed by atoms with van der Waals surface area (Å²) in [6.07, 6.45) is 2.97. The molecule has 33 heavy (non-hydrogen) atoms. The highest BCUT2D eigenvalue weighted by atomic mass is 16.5. The van der Waals surface area contributed by atoms with E-state index in [1.54, 1.807) is 0 Å². The molecule has 2 aromatic carbocycles. The van der Waals surface area contributed by atoms with E-state index in [9.17, 15) is 9.59 Å². The number of carbonyl (C=O) groups excluding carboxylic acids is 2. The van der Waals surface area contributed by atoms with E-state index in [0.717, 1.165) is 46.1 Å². The fourth-order valence-corrected chi connectivity index (χ4v) is 4.49. The fraction of sp³-hybridized carbons (Fsp3) is 0.407. The minimum Gasteiger partial charge on any atom is -0.426 e. The van der Waals surface area contributed by atoms with Crippen molar-refractivity contribution >= 4 is 22.8 Å². The average Bonchev–Trinajstić information content (AvgIpc) is 3.08. The summed E-state index contributed by atoms with van der Waals surface area (Å²) in [6.45, 7) is 10.1. The van der Waals surface area contributed by atoms with Crippen LogP contribution in [0.1, 0.15) is 49.4 Å². The van der Waals surface area contributed by atoms with Crippen LogP contribution in [-0.4, -0.2) is 42.5 Å². The Hall–Kier alpha value is -3.12. The highest BCUT2D eigenvalue weighted by Crippen LogP contribution is 2.39. The Labute approximate surface area is 195 Å². The van der Waals surface area contributed by atoms with Crippen LogP contribution < -0.4 is 9.47 Å². The summed E-state index contributed by atoms with van der Waals surface area (Å²) in [6, 6.07) is 9.57. The Morgan fingerprint density at radius 2 is 1.79 bits per heavy atom. The monoisotopic (exact) mass is 450 g/mol. The summed E-state index contributed by atoms with van der Waals surface area (Å²) < 4.78 is 11.4. The zero-order valence-corrected chi connectivity index (χ0v) is 20.7. The van der Waals surface area contributed by atoms with Crippen LogP contribution in [0.5, 0.6) is 11.5 Å². The first-order valence-corrected chi connectivity index (χ1v) is 11.2. The Kier molecular flexibility index (Phi) is 7.28. The molecule has 3 aromatic rings. The molecule has 176 valence electrons. The molecule has 0 aliphatic rings. The number of ether oxygens (including phenoxy) is 2. The summed E-state index contributed by atoms with van der Waals surface area (Å²) >= 11 is 0. The standard InChI is InChI=1S/C27H34N2O4/c1-17-13-18(2)26(23(14-17)32-19(3)30)27(4,5)15-24(31)33-22-10-8-9-21-25(22)20(16-28-21)11-12-29(6)7/h8-10,13-14,16,28H,11-12,15H2,1-7H3. The number of aromatic nitrogens is 1. The van der Waals surface area contributed by atoms with Gasteiger partial charge in [-0.05, 0) is 69.3 Å². The van der Waals surface area contributed by atoms with Crippen LogP contribution >= 0.6 is 0 Å². The molecule has 1 heterocycles. The second kappa shape index (κ2) is 9.79. The van der Waals surface area contributed by atoms with Crippen LogP contribution in [-0.2, 0) is 21.4 Å². The van der Waals surface area contributed by atoms with E-state index in [4.69, 9.17) is 9.47 Å². The Morgan fingerprint density at radius 3 is 2.45 bits per heavy atom. The number of nitrogens with one attached hydrogen (secondary N) is 1. The molecule has 0 unspecified atom stereocenters. The summed E-state index contributed by atoms with van der Waals surface area (Å²) in [5.74, 6) is 0.339. The lowest BCUT2D eigenvalue weighted by Gasteiger charge is -2.28. The second-order valence-electron chi connectivity index (χ2n) is 9.63. The molecule has 0 spiro atoms. The highest BCUT2D eigenvalue weighted by molar-refractivity contribution is 5.91. The first-order chi connectivity index (χ1) is 15.5. The third kappa shape index (κ3) is 5.82. The maximum absolute atomic E-state index is 13.1. The van der Waals surface area contributed by atoms with E-state index in [1.807, 2.05) is 78.3 Å². The zero-order valence-electron chi connectivity index (χ0n) is 20.7. The largest absolute Gasteiger partial charge is 0.426 e. The third-order valence-corrected chi connectivity index (χ3v) is 5.76. The van der Waals surface area contributed by atoms with Crippen LogP contribution in [0.3, 0.4) is 0 Å². The van der Waals surface area contributed by atoms with E-state index >= 15 is 0 Å². The van der Waals surface area contributed by atoms with Gasteiger partial charge in [-0.3, -0.25) is 9.59 Å². The summed E-state index contributed by atoms with van der Waals surface area (Å²) in [7, 11) is 4.07. The van der Waals surface area contributed by atoms with Gasteiger partial charge in [0.25, 0.3) is 0 Å². The molecule has 0 amide bonds. The second-order valence-corrected chi connectivity index (χ2v) is 9.63. The molecule has 6 nitrogen and oxygen atoms in total. The molecule has 0 bridgehead atoms. The summed E-state index contributed by atoms with van der Waals surface area (Å²) in [5.41, 5.74) is 4.27. The van der Waals surface area contributed by atoms with Gasteiger partial charge in [-0.15, -0.1) is 0 Å². The van der Waals surface area contributed by atoms with Gasteiger partial charge in [0, 0.05) is 41.5 Å².